The van der Waals surface area contributed by atoms with Gasteiger partial charge in [0.25, 0.3) is 0 Å². The van der Waals surface area contributed by atoms with Crippen LogP contribution in [0.25, 0.3) is 10.6 Å². The third-order valence-electron chi connectivity index (χ3n) is 1.90. The predicted molar refractivity (Wildman–Crippen MR) is 62.2 cm³/mol. The molecule has 0 amide bonds. The molecule has 0 aliphatic rings. The number of rotatable bonds is 2. The summed E-state index contributed by atoms with van der Waals surface area (Å²) in [5.74, 6) is 0.907. The summed E-state index contributed by atoms with van der Waals surface area (Å²) in [6.45, 7) is 2.43. The van der Waals surface area contributed by atoms with Crippen molar-refractivity contribution in [2.75, 3.05) is 0 Å². The second kappa shape index (κ2) is 3.84. The van der Waals surface area contributed by atoms with Crippen LogP contribution in [0.3, 0.4) is 0 Å². The van der Waals surface area contributed by atoms with Crippen LogP contribution in [0.1, 0.15) is 11.5 Å². The summed E-state index contributed by atoms with van der Waals surface area (Å²) in [6, 6.07) is 2.06. The second-order valence-electron chi connectivity index (χ2n) is 2.98. The van der Waals surface area contributed by atoms with Crippen molar-refractivity contribution < 1.29 is 0 Å². The van der Waals surface area contributed by atoms with Crippen LogP contribution in [0.15, 0.2) is 15.9 Å². The maximum Gasteiger partial charge on any atom is 0.103 e. The van der Waals surface area contributed by atoms with E-state index in [9.17, 15) is 0 Å². The fourth-order valence-corrected chi connectivity index (χ4v) is 2.77. The van der Waals surface area contributed by atoms with E-state index in [0.29, 0.717) is 6.54 Å². The van der Waals surface area contributed by atoms with Crippen LogP contribution < -0.4 is 5.73 Å². The summed E-state index contributed by atoms with van der Waals surface area (Å²) < 4.78 is 1.08. The van der Waals surface area contributed by atoms with Gasteiger partial charge in [-0.3, -0.25) is 0 Å². The van der Waals surface area contributed by atoms with Crippen molar-refractivity contribution in [1.82, 2.24) is 9.97 Å². The molecule has 0 saturated heterocycles. The Balaban J connectivity index is 2.49. The van der Waals surface area contributed by atoms with Crippen LogP contribution in [0, 0.1) is 6.92 Å². The van der Waals surface area contributed by atoms with E-state index in [1.807, 2.05) is 12.3 Å². The number of hydrogen-bond donors (Lipinski definition) is 2. The fourth-order valence-electron chi connectivity index (χ4n) is 1.33. The van der Waals surface area contributed by atoms with Crippen LogP contribution in [-0.2, 0) is 6.54 Å². The zero-order valence-corrected chi connectivity index (χ0v) is 10.1. The third-order valence-corrected chi connectivity index (χ3v) is 3.60. The summed E-state index contributed by atoms with van der Waals surface area (Å²) in [4.78, 5) is 8.72. The standard InChI is InChI=1S/C9H10BrN3S/c1-5-12-7(3-11)9(13-5)8-2-6(10)4-14-8/h2,4H,3,11H2,1H3,(H,12,13). The topological polar surface area (TPSA) is 54.7 Å². The molecule has 2 aromatic heterocycles. The van der Waals surface area contributed by atoms with Gasteiger partial charge in [-0.25, -0.2) is 4.98 Å². The van der Waals surface area contributed by atoms with E-state index < -0.39 is 0 Å². The summed E-state index contributed by atoms with van der Waals surface area (Å²) in [5, 5.41) is 2.04. The lowest BCUT2D eigenvalue weighted by atomic mass is 10.3. The van der Waals surface area contributed by atoms with Gasteiger partial charge in [-0.05, 0) is 28.9 Å². The number of halogens is 1. The lowest BCUT2D eigenvalue weighted by Crippen LogP contribution is -1.98. The molecule has 74 valence electrons. The number of aromatic amines is 1. The Morgan fingerprint density at radius 2 is 2.43 bits per heavy atom. The van der Waals surface area contributed by atoms with Gasteiger partial charge in [-0.1, -0.05) is 0 Å². The van der Waals surface area contributed by atoms with Crippen molar-refractivity contribution in [1.29, 1.82) is 0 Å². The summed E-state index contributed by atoms with van der Waals surface area (Å²) >= 11 is 5.08. The molecule has 2 aromatic rings. The SMILES string of the molecule is Cc1nc(-c2cc(Br)cs2)c(CN)[nH]1. The number of thiophene rings is 1. The Bertz CT molecular complexity index is 447. The van der Waals surface area contributed by atoms with Gasteiger partial charge in [-0.2, -0.15) is 0 Å². The Morgan fingerprint density at radius 3 is 3.00 bits per heavy atom. The van der Waals surface area contributed by atoms with Gasteiger partial charge in [0.1, 0.15) is 11.5 Å². The molecule has 0 aromatic carbocycles. The molecule has 0 saturated carbocycles. The molecule has 2 rings (SSSR count). The minimum absolute atomic E-state index is 0.492. The van der Waals surface area contributed by atoms with Crippen molar-refractivity contribution >= 4 is 27.3 Å². The van der Waals surface area contributed by atoms with E-state index in [0.717, 1.165) is 26.6 Å². The van der Waals surface area contributed by atoms with Gasteiger partial charge in [0.15, 0.2) is 0 Å². The molecule has 0 aliphatic carbocycles. The fraction of sp³-hybridized carbons (Fsp3) is 0.222. The first-order valence-electron chi connectivity index (χ1n) is 4.20. The molecule has 5 heteroatoms. The van der Waals surface area contributed by atoms with Gasteiger partial charge >= 0.3 is 0 Å². The number of nitrogens with one attached hydrogen (secondary N) is 1. The zero-order chi connectivity index (χ0) is 10.1. The first-order valence-corrected chi connectivity index (χ1v) is 5.88. The lowest BCUT2D eigenvalue weighted by molar-refractivity contribution is 0.999. The smallest absolute Gasteiger partial charge is 0.103 e. The number of aryl methyl sites for hydroxylation is 1. The molecule has 0 aliphatic heterocycles. The molecule has 0 atom stereocenters. The van der Waals surface area contributed by atoms with Crippen molar-refractivity contribution in [3.8, 4) is 10.6 Å². The lowest BCUT2D eigenvalue weighted by Gasteiger charge is -1.94. The van der Waals surface area contributed by atoms with Crippen molar-refractivity contribution in [3.05, 3.63) is 27.4 Å². The van der Waals surface area contributed by atoms with Gasteiger partial charge in [0, 0.05) is 16.4 Å². The van der Waals surface area contributed by atoms with Crippen molar-refractivity contribution in [2.24, 2.45) is 5.73 Å². The Labute approximate surface area is 94.5 Å². The number of imidazole rings is 1. The molecular formula is C9H10BrN3S. The number of nitrogens with zero attached hydrogens (tertiary/aromatic N) is 1. The molecule has 3 N–H and O–H groups in total. The quantitative estimate of drug-likeness (QED) is 0.883. The second-order valence-corrected chi connectivity index (χ2v) is 4.81. The van der Waals surface area contributed by atoms with Gasteiger partial charge in [0.05, 0.1) is 10.6 Å². The Kier molecular flexibility index (Phi) is 2.71. The zero-order valence-electron chi connectivity index (χ0n) is 7.67. The van der Waals surface area contributed by atoms with Crippen molar-refractivity contribution in [3.63, 3.8) is 0 Å². The number of aromatic nitrogens is 2. The number of H-pyrrole nitrogens is 1. The monoisotopic (exact) mass is 271 g/mol. The largest absolute Gasteiger partial charge is 0.344 e. The van der Waals surface area contributed by atoms with Crippen LogP contribution in [0.2, 0.25) is 0 Å². The molecular weight excluding hydrogens is 262 g/mol. The summed E-state index contributed by atoms with van der Waals surface area (Å²) in [7, 11) is 0. The summed E-state index contributed by atoms with van der Waals surface area (Å²) in [5.41, 5.74) is 7.60. The van der Waals surface area contributed by atoms with Crippen LogP contribution >= 0.6 is 27.3 Å². The van der Waals surface area contributed by atoms with Gasteiger partial charge < -0.3 is 10.7 Å². The third kappa shape index (κ3) is 1.75. The van der Waals surface area contributed by atoms with Crippen molar-refractivity contribution in [2.45, 2.75) is 13.5 Å². The highest BCUT2D eigenvalue weighted by Gasteiger charge is 2.10. The first kappa shape index (κ1) is 9.89. The highest BCUT2D eigenvalue weighted by molar-refractivity contribution is 9.10. The van der Waals surface area contributed by atoms with E-state index in [-0.39, 0.29) is 0 Å². The van der Waals surface area contributed by atoms with E-state index in [1.54, 1.807) is 11.3 Å². The van der Waals surface area contributed by atoms with Crippen LogP contribution in [0.4, 0.5) is 0 Å². The maximum atomic E-state index is 5.63. The summed E-state index contributed by atoms with van der Waals surface area (Å²) in [6.07, 6.45) is 0. The highest BCUT2D eigenvalue weighted by Crippen LogP contribution is 2.30. The maximum absolute atomic E-state index is 5.63. The van der Waals surface area contributed by atoms with Crippen LogP contribution in [0.5, 0.6) is 0 Å². The van der Waals surface area contributed by atoms with E-state index in [2.05, 4.69) is 32.0 Å². The van der Waals surface area contributed by atoms with E-state index >= 15 is 0 Å². The van der Waals surface area contributed by atoms with E-state index in [1.165, 1.54) is 0 Å². The minimum atomic E-state index is 0.492. The predicted octanol–water partition coefficient (Wildman–Crippen LogP) is 2.67. The minimum Gasteiger partial charge on any atom is -0.344 e. The molecule has 0 bridgehead atoms. The highest BCUT2D eigenvalue weighted by atomic mass is 79.9. The Morgan fingerprint density at radius 1 is 1.64 bits per heavy atom. The van der Waals surface area contributed by atoms with Gasteiger partial charge in [-0.15, -0.1) is 11.3 Å². The molecule has 2 heterocycles. The molecule has 0 fully saturated rings. The molecule has 0 radical (unpaired) electrons. The molecule has 14 heavy (non-hydrogen) atoms. The molecule has 3 nitrogen and oxygen atoms in total. The number of hydrogen-bond acceptors (Lipinski definition) is 3. The normalized spacial score (nSPS) is 10.8. The van der Waals surface area contributed by atoms with Crippen LogP contribution in [-0.4, -0.2) is 9.97 Å². The average Bonchev–Trinajstić information content (AvgIpc) is 2.71. The first-order chi connectivity index (χ1) is 6.70. The molecule has 0 unspecified atom stereocenters. The number of nitrogens with two attached hydrogens (primary N) is 1. The van der Waals surface area contributed by atoms with Gasteiger partial charge in [0.2, 0.25) is 0 Å². The molecule has 0 spiro atoms. The average molecular weight is 272 g/mol. The Hall–Kier alpha value is -0.650. The van der Waals surface area contributed by atoms with E-state index in [4.69, 9.17) is 5.73 Å².